The van der Waals surface area contributed by atoms with Crippen LogP contribution in [0.5, 0.6) is 5.75 Å². The summed E-state index contributed by atoms with van der Waals surface area (Å²) in [5.74, 6) is 1.34. The first kappa shape index (κ1) is 16.3. The lowest BCUT2D eigenvalue weighted by Crippen LogP contribution is -2.28. The Balaban J connectivity index is 2.62. The molecule has 0 aliphatic carbocycles. The zero-order chi connectivity index (χ0) is 13.5. The van der Waals surface area contributed by atoms with Crippen LogP contribution in [0, 0.1) is 0 Å². The van der Waals surface area contributed by atoms with E-state index in [9.17, 15) is 0 Å². The lowest BCUT2D eigenvalue weighted by molar-refractivity contribution is 0.221. The highest BCUT2D eigenvalue weighted by Gasteiger charge is 2.09. The third-order valence-corrected chi connectivity index (χ3v) is 4.25. The summed E-state index contributed by atoms with van der Waals surface area (Å²) in [5.41, 5.74) is 1.06. The molecular weight excluding hydrogens is 381 g/mol. The van der Waals surface area contributed by atoms with Gasteiger partial charge in [-0.05, 0) is 62.6 Å². The fourth-order valence-electron chi connectivity index (χ4n) is 1.64. The van der Waals surface area contributed by atoms with Crippen LogP contribution in [0.1, 0.15) is 19.4 Å². The monoisotopic (exact) mass is 397 g/mol. The molecular formula is C13H18Br2ClNO. The SMILES string of the molecule is CCN(CC)CCOc1c(Br)cc(CCl)cc1Br. The molecule has 0 unspecified atom stereocenters. The number of hydrogen-bond donors (Lipinski definition) is 0. The summed E-state index contributed by atoms with van der Waals surface area (Å²) in [4.78, 5) is 2.33. The van der Waals surface area contributed by atoms with Crippen LogP contribution in [0.4, 0.5) is 0 Å². The lowest BCUT2D eigenvalue weighted by Gasteiger charge is -2.19. The predicted molar refractivity (Wildman–Crippen MR) is 84.7 cm³/mol. The molecule has 18 heavy (non-hydrogen) atoms. The van der Waals surface area contributed by atoms with Crippen molar-refractivity contribution in [2.45, 2.75) is 19.7 Å². The number of likely N-dealkylation sites (N-methyl/N-ethyl adjacent to an activating group) is 1. The third kappa shape index (κ3) is 4.72. The van der Waals surface area contributed by atoms with Gasteiger partial charge >= 0.3 is 0 Å². The molecule has 0 N–H and O–H groups in total. The zero-order valence-electron chi connectivity index (χ0n) is 10.7. The normalized spacial score (nSPS) is 11.0. The molecule has 0 heterocycles. The summed E-state index contributed by atoms with van der Waals surface area (Å²) in [6.45, 7) is 8.03. The Labute approximate surface area is 131 Å². The Bertz CT molecular complexity index is 360. The molecule has 0 amide bonds. The van der Waals surface area contributed by atoms with Crippen LogP contribution in [0.25, 0.3) is 0 Å². The molecule has 1 rings (SSSR count). The van der Waals surface area contributed by atoms with E-state index in [0.717, 1.165) is 39.9 Å². The van der Waals surface area contributed by atoms with Gasteiger partial charge in [0, 0.05) is 12.4 Å². The van der Waals surface area contributed by atoms with E-state index in [1.807, 2.05) is 12.1 Å². The Morgan fingerprint density at radius 3 is 2.17 bits per heavy atom. The zero-order valence-corrected chi connectivity index (χ0v) is 14.6. The van der Waals surface area contributed by atoms with Crippen molar-refractivity contribution >= 4 is 43.5 Å². The number of nitrogens with zero attached hydrogens (tertiary/aromatic N) is 1. The maximum Gasteiger partial charge on any atom is 0.147 e. The fourth-order valence-corrected chi connectivity index (χ4v) is 3.31. The summed E-state index contributed by atoms with van der Waals surface area (Å²) >= 11 is 12.8. The second-order valence-corrected chi connectivity index (χ2v) is 5.87. The molecule has 0 saturated carbocycles. The lowest BCUT2D eigenvalue weighted by atomic mass is 10.2. The minimum absolute atomic E-state index is 0.497. The average Bonchev–Trinajstić information content (AvgIpc) is 2.37. The maximum absolute atomic E-state index is 5.82. The summed E-state index contributed by atoms with van der Waals surface area (Å²) in [7, 11) is 0. The highest BCUT2D eigenvalue weighted by molar-refractivity contribution is 9.11. The Morgan fingerprint density at radius 1 is 1.17 bits per heavy atom. The number of rotatable bonds is 7. The van der Waals surface area contributed by atoms with Crippen molar-refractivity contribution in [2.75, 3.05) is 26.2 Å². The second kappa shape index (κ2) is 8.41. The molecule has 0 bridgehead atoms. The first-order chi connectivity index (χ1) is 8.62. The molecule has 0 aliphatic heterocycles. The van der Waals surface area contributed by atoms with E-state index in [1.165, 1.54) is 0 Å². The van der Waals surface area contributed by atoms with Gasteiger partial charge in [-0.15, -0.1) is 11.6 Å². The number of hydrogen-bond acceptors (Lipinski definition) is 2. The van der Waals surface area contributed by atoms with E-state index in [4.69, 9.17) is 16.3 Å². The van der Waals surface area contributed by atoms with Gasteiger partial charge in [-0.1, -0.05) is 13.8 Å². The second-order valence-electron chi connectivity index (χ2n) is 3.90. The highest BCUT2D eigenvalue weighted by Crippen LogP contribution is 2.35. The topological polar surface area (TPSA) is 12.5 Å². The summed E-state index contributed by atoms with van der Waals surface area (Å²) in [6, 6.07) is 3.98. The minimum atomic E-state index is 0.497. The number of ether oxygens (including phenoxy) is 1. The third-order valence-electron chi connectivity index (χ3n) is 2.76. The van der Waals surface area contributed by atoms with Gasteiger partial charge < -0.3 is 9.64 Å². The van der Waals surface area contributed by atoms with Crippen LogP contribution in [0.2, 0.25) is 0 Å². The van der Waals surface area contributed by atoms with Gasteiger partial charge in [-0.2, -0.15) is 0 Å². The summed E-state index contributed by atoms with van der Waals surface area (Å²) < 4.78 is 7.70. The average molecular weight is 400 g/mol. The van der Waals surface area contributed by atoms with E-state index in [1.54, 1.807) is 0 Å². The van der Waals surface area contributed by atoms with E-state index in [0.29, 0.717) is 12.5 Å². The van der Waals surface area contributed by atoms with Crippen molar-refractivity contribution in [3.8, 4) is 5.75 Å². The molecule has 0 saturated heterocycles. The quantitative estimate of drug-likeness (QED) is 0.618. The standard InChI is InChI=1S/C13H18Br2ClNO/c1-3-17(4-2)5-6-18-13-11(14)7-10(9-16)8-12(13)15/h7-8H,3-6,9H2,1-2H3. The molecule has 0 aromatic heterocycles. The highest BCUT2D eigenvalue weighted by atomic mass is 79.9. The summed E-state index contributed by atoms with van der Waals surface area (Å²) in [6.07, 6.45) is 0. The van der Waals surface area contributed by atoms with E-state index >= 15 is 0 Å². The molecule has 0 spiro atoms. The molecule has 0 radical (unpaired) electrons. The summed E-state index contributed by atoms with van der Waals surface area (Å²) in [5, 5.41) is 0. The maximum atomic E-state index is 5.82. The Kier molecular flexibility index (Phi) is 7.61. The van der Waals surface area contributed by atoms with Crippen molar-refractivity contribution in [1.82, 2.24) is 4.90 Å². The predicted octanol–water partition coefficient (Wildman–Crippen LogP) is 4.67. The molecule has 1 aromatic carbocycles. The first-order valence-electron chi connectivity index (χ1n) is 6.01. The molecule has 2 nitrogen and oxygen atoms in total. The van der Waals surface area contributed by atoms with E-state index in [-0.39, 0.29) is 0 Å². The Hall–Kier alpha value is 0.230. The van der Waals surface area contributed by atoms with Crippen LogP contribution >= 0.6 is 43.5 Å². The number of benzene rings is 1. The van der Waals surface area contributed by atoms with Gasteiger partial charge in [0.15, 0.2) is 0 Å². The van der Waals surface area contributed by atoms with Crippen LogP contribution in [-0.2, 0) is 5.88 Å². The van der Waals surface area contributed by atoms with Crippen molar-refractivity contribution in [3.63, 3.8) is 0 Å². The van der Waals surface area contributed by atoms with Crippen molar-refractivity contribution in [2.24, 2.45) is 0 Å². The molecule has 1 aromatic rings. The van der Waals surface area contributed by atoms with Crippen molar-refractivity contribution < 1.29 is 4.74 Å². The van der Waals surface area contributed by atoms with E-state index < -0.39 is 0 Å². The molecule has 0 aliphatic rings. The van der Waals surface area contributed by atoms with Crippen LogP contribution < -0.4 is 4.74 Å². The molecule has 0 atom stereocenters. The van der Waals surface area contributed by atoms with Crippen LogP contribution in [0.3, 0.4) is 0 Å². The van der Waals surface area contributed by atoms with Crippen LogP contribution in [0.15, 0.2) is 21.1 Å². The van der Waals surface area contributed by atoms with Gasteiger partial charge in [0.2, 0.25) is 0 Å². The molecule has 0 fully saturated rings. The van der Waals surface area contributed by atoms with Gasteiger partial charge in [-0.25, -0.2) is 0 Å². The van der Waals surface area contributed by atoms with Crippen molar-refractivity contribution in [3.05, 3.63) is 26.6 Å². The largest absolute Gasteiger partial charge is 0.490 e. The smallest absolute Gasteiger partial charge is 0.147 e. The number of alkyl halides is 1. The Morgan fingerprint density at radius 2 is 1.72 bits per heavy atom. The first-order valence-corrected chi connectivity index (χ1v) is 8.13. The van der Waals surface area contributed by atoms with Gasteiger partial charge in [-0.3, -0.25) is 0 Å². The minimum Gasteiger partial charge on any atom is -0.490 e. The molecule has 102 valence electrons. The van der Waals surface area contributed by atoms with Gasteiger partial charge in [0.1, 0.15) is 12.4 Å². The van der Waals surface area contributed by atoms with Gasteiger partial charge in [0.05, 0.1) is 8.95 Å². The van der Waals surface area contributed by atoms with E-state index in [2.05, 4.69) is 50.6 Å². The van der Waals surface area contributed by atoms with Gasteiger partial charge in [0.25, 0.3) is 0 Å². The fraction of sp³-hybridized carbons (Fsp3) is 0.538. The van der Waals surface area contributed by atoms with Crippen molar-refractivity contribution in [1.29, 1.82) is 0 Å². The molecule has 5 heteroatoms. The number of halogens is 3. The van der Waals surface area contributed by atoms with Crippen LogP contribution in [-0.4, -0.2) is 31.1 Å².